The smallest absolute Gasteiger partial charge is 0.0798 e. The molecule has 5 heteroatoms. The van der Waals surface area contributed by atoms with Crippen molar-refractivity contribution in [3.63, 3.8) is 0 Å². The second-order valence-corrected chi connectivity index (χ2v) is 14.6. The van der Waals surface area contributed by atoms with Gasteiger partial charge in [-0.1, -0.05) is 74.6 Å². The fraction of sp³-hybridized carbons (Fsp3) is 0.156. The monoisotopic (exact) mass is 678 g/mol. The first-order valence-corrected chi connectivity index (χ1v) is 15.8. The normalized spacial score (nSPS) is 10.6. The van der Waals surface area contributed by atoms with Crippen LogP contribution in [0.2, 0.25) is 19.6 Å². The van der Waals surface area contributed by atoms with Crippen molar-refractivity contribution in [3.8, 4) is 33.8 Å². The SMILES string of the molecule is CCc1cc(-c2[c-]cccc2)ncc1[Si](C)(C)C.[Ir].[c-]1cccnc1-c1cc(-c2ccccc2)ccn1. The molecule has 0 fully saturated rings. The largest absolute Gasteiger partial charge is 0.318 e. The van der Waals surface area contributed by atoms with Gasteiger partial charge in [0, 0.05) is 32.5 Å². The van der Waals surface area contributed by atoms with Crippen molar-refractivity contribution in [2.75, 3.05) is 0 Å². The Hall–Kier alpha value is -3.24. The zero-order chi connectivity index (χ0) is 25.4. The van der Waals surface area contributed by atoms with Gasteiger partial charge in [-0.3, -0.25) is 4.98 Å². The van der Waals surface area contributed by atoms with Crippen LogP contribution < -0.4 is 5.19 Å². The summed E-state index contributed by atoms with van der Waals surface area (Å²) in [6.45, 7) is 9.34. The van der Waals surface area contributed by atoms with Gasteiger partial charge in [0.25, 0.3) is 0 Å². The molecule has 0 unspecified atom stereocenters. The molecule has 0 bridgehead atoms. The number of hydrogen-bond acceptors (Lipinski definition) is 3. The molecule has 3 aromatic heterocycles. The number of aryl methyl sites for hydroxylation is 1. The van der Waals surface area contributed by atoms with Crippen LogP contribution in [0, 0.1) is 12.1 Å². The van der Waals surface area contributed by atoms with E-state index in [0.717, 1.165) is 34.6 Å². The molecule has 37 heavy (non-hydrogen) atoms. The van der Waals surface area contributed by atoms with Crippen LogP contribution in [0.5, 0.6) is 0 Å². The minimum Gasteiger partial charge on any atom is -0.318 e. The van der Waals surface area contributed by atoms with E-state index in [2.05, 4.69) is 84.1 Å². The first-order valence-electron chi connectivity index (χ1n) is 12.3. The minimum atomic E-state index is -1.30. The average Bonchev–Trinajstić information content (AvgIpc) is 2.94. The molecule has 189 valence electrons. The van der Waals surface area contributed by atoms with Crippen molar-refractivity contribution in [1.29, 1.82) is 0 Å². The fourth-order valence-corrected chi connectivity index (χ4v) is 5.66. The van der Waals surface area contributed by atoms with Crippen LogP contribution in [0.4, 0.5) is 0 Å². The molecule has 0 aliphatic carbocycles. The summed E-state index contributed by atoms with van der Waals surface area (Å²) in [6.07, 6.45) is 6.71. The van der Waals surface area contributed by atoms with Crippen LogP contribution in [-0.2, 0) is 26.5 Å². The van der Waals surface area contributed by atoms with Crippen LogP contribution in [0.1, 0.15) is 12.5 Å². The summed E-state index contributed by atoms with van der Waals surface area (Å²) >= 11 is 0. The Morgan fingerprint density at radius 1 is 0.703 bits per heavy atom. The molecule has 5 rings (SSSR count). The topological polar surface area (TPSA) is 38.7 Å². The van der Waals surface area contributed by atoms with Gasteiger partial charge in [-0.2, -0.15) is 12.1 Å². The molecule has 0 saturated carbocycles. The average molecular weight is 678 g/mol. The third-order valence-corrected chi connectivity index (χ3v) is 7.95. The van der Waals surface area contributed by atoms with Gasteiger partial charge in [-0.05, 0) is 52.1 Å². The molecule has 0 atom stereocenters. The van der Waals surface area contributed by atoms with Crippen molar-refractivity contribution >= 4 is 13.3 Å². The van der Waals surface area contributed by atoms with Gasteiger partial charge in [-0.15, -0.1) is 42.0 Å². The van der Waals surface area contributed by atoms with Crippen LogP contribution >= 0.6 is 0 Å². The van der Waals surface area contributed by atoms with E-state index < -0.39 is 8.07 Å². The molecular weight excluding hydrogens is 647 g/mol. The summed E-state index contributed by atoms with van der Waals surface area (Å²) in [4.78, 5) is 13.2. The van der Waals surface area contributed by atoms with E-state index in [1.54, 1.807) is 12.4 Å². The van der Waals surface area contributed by atoms with E-state index in [1.807, 2.05) is 60.7 Å². The van der Waals surface area contributed by atoms with Crippen LogP contribution in [0.3, 0.4) is 0 Å². The quantitative estimate of drug-likeness (QED) is 0.145. The molecule has 3 nitrogen and oxygen atoms in total. The fourth-order valence-electron chi connectivity index (χ4n) is 4.00. The molecule has 0 aliphatic heterocycles. The predicted molar refractivity (Wildman–Crippen MR) is 153 cm³/mol. The summed E-state index contributed by atoms with van der Waals surface area (Å²) in [5, 5.41) is 1.48. The molecule has 5 aromatic rings. The van der Waals surface area contributed by atoms with Crippen LogP contribution in [0.25, 0.3) is 33.8 Å². The number of aromatic nitrogens is 3. The van der Waals surface area contributed by atoms with Crippen molar-refractivity contribution in [2.24, 2.45) is 0 Å². The second kappa shape index (κ2) is 13.3. The Morgan fingerprint density at radius 2 is 1.46 bits per heavy atom. The molecule has 0 saturated heterocycles. The van der Waals surface area contributed by atoms with Gasteiger partial charge in [0.1, 0.15) is 0 Å². The molecule has 0 amide bonds. The van der Waals surface area contributed by atoms with E-state index in [9.17, 15) is 0 Å². The molecule has 0 aliphatic rings. The van der Waals surface area contributed by atoms with Crippen LogP contribution in [-0.4, -0.2) is 23.0 Å². The van der Waals surface area contributed by atoms with E-state index in [0.29, 0.717) is 0 Å². The minimum absolute atomic E-state index is 0. The van der Waals surface area contributed by atoms with E-state index in [-0.39, 0.29) is 20.1 Å². The molecule has 1 radical (unpaired) electrons. The number of rotatable bonds is 5. The van der Waals surface area contributed by atoms with Crippen LogP contribution in [0.15, 0.2) is 104 Å². The summed E-state index contributed by atoms with van der Waals surface area (Å²) in [5.74, 6) is 0. The van der Waals surface area contributed by atoms with Gasteiger partial charge in [0.2, 0.25) is 0 Å². The number of hydrogen-bond donors (Lipinski definition) is 0. The maximum Gasteiger partial charge on any atom is 0.0798 e. The number of benzene rings is 2. The molecule has 0 N–H and O–H groups in total. The number of pyridine rings is 3. The Labute approximate surface area is 235 Å². The summed E-state index contributed by atoms with van der Waals surface area (Å²) in [6, 6.07) is 34.6. The molecule has 2 aromatic carbocycles. The van der Waals surface area contributed by atoms with Crippen molar-refractivity contribution in [1.82, 2.24) is 15.0 Å². The summed E-state index contributed by atoms with van der Waals surface area (Å²) < 4.78 is 0. The third-order valence-electron chi connectivity index (χ3n) is 5.88. The second-order valence-electron chi connectivity index (χ2n) is 9.53. The molecular formula is C32H31IrN3Si-2. The molecule has 0 spiro atoms. The van der Waals surface area contributed by atoms with Crippen molar-refractivity contribution < 1.29 is 20.1 Å². The Bertz CT molecular complexity index is 1330. The Balaban J connectivity index is 0.000000200. The van der Waals surface area contributed by atoms with Gasteiger partial charge >= 0.3 is 0 Å². The molecule has 3 heterocycles. The predicted octanol–water partition coefficient (Wildman–Crippen LogP) is 7.26. The Morgan fingerprint density at radius 3 is 2.11 bits per heavy atom. The van der Waals surface area contributed by atoms with Gasteiger partial charge in [0.05, 0.1) is 8.07 Å². The van der Waals surface area contributed by atoms with E-state index in [4.69, 9.17) is 0 Å². The van der Waals surface area contributed by atoms with Crippen molar-refractivity contribution in [3.05, 3.63) is 121 Å². The summed E-state index contributed by atoms with van der Waals surface area (Å²) in [7, 11) is -1.30. The summed E-state index contributed by atoms with van der Waals surface area (Å²) in [5.41, 5.74) is 7.49. The zero-order valence-electron chi connectivity index (χ0n) is 21.7. The van der Waals surface area contributed by atoms with Gasteiger partial charge in [0.15, 0.2) is 0 Å². The first kappa shape index (κ1) is 28.3. The van der Waals surface area contributed by atoms with Gasteiger partial charge < -0.3 is 9.97 Å². The van der Waals surface area contributed by atoms with Gasteiger partial charge in [-0.25, -0.2) is 0 Å². The van der Waals surface area contributed by atoms with E-state index in [1.165, 1.54) is 16.3 Å². The standard InChI is InChI=1S/C16H11N2.C16H20NSi.Ir/c1-2-6-13(7-3-1)14-9-11-18-16(12-14)15-8-4-5-10-17-15;1-5-13-11-15(14-9-7-6-8-10-14)17-12-16(13)18(2,3)4;/h1-7,9-12H;6-9,11-12H,5H2,1-4H3;/q2*-1;. The zero-order valence-corrected chi connectivity index (χ0v) is 25.1. The maximum atomic E-state index is 4.63. The maximum absolute atomic E-state index is 4.63. The third kappa shape index (κ3) is 7.62. The van der Waals surface area contributed by atoms with Crippen molar-refractivity contribution in [2.45, 2.75) is 33.0 Å². The number of nitrogens with zero attached hydrogens (tertiary/aromatic N) is 3. The Kier molecular flexibility index (Phi) is 10.2. The van der Waals surface area contributed by atoms with E-state index >= 15 is 0 Å². The first-order chi connectivity index (χ1) is 17.5.